The Balaban J connectivity index is 1.95. The second-order valence-electron chi connectivity index (χ2n) is 4.40. The molecule has 1 aromatic carbocycles. The Morgan fingerprint density at radius 2 is 2.07 bits per heavy atom. The van der Waals surface area contributed by atoms with Crippen molar-refractivity contribution in [2.45, 2.75) is 38.3 Å². The lowest BCUT2D eigenvalue weighted by molar-refractivity contribution is 0.206. The number of phenols is 1. The first-order valence-electron chi connectivity index (χ1n) is 5.22. The molecule has 0 saturated heterocycles. The zero-order valence-electron chi connectivity index (χ0n) is 8.59. The van der Waals surface area contributed by atoms with Gasteiger partial charge in [-0.15, -0.1) is 0 Å². The standard InChI is InChI=1S/C12H17NO/c1-12(7-4-8-12)13-9-10-5-2-3-6-11(10)14/h2-3,5-6,13-14H,4,7-9H2,1H3. The molecule has 0 aliphatic heterocycles. The third-order valence-corrected chi connectivity index (χ3v) is 3.15. The van der Waals surface area contributed by atoms with E-state index in [1.807, 2.05) is 18.2 Å². The molecular weight excluding hydrogens is 174 g/mol. The van der Waals surface area contributed by atoms with Crippen molar-refractivity contribution in [2.75, 3.05) is 0 Å². The lowest BCUT2D eigenvalue weighted by Crippen LogP contribution is -2.47. The van der Waals surface area contributed by atoms with E-state index in [4.69, 9.17) is 0 Å². The average molecular weight is 191 g/mol. The van der Waals surface area contributed by atoms with E-state index in [0.29, 0.717) is 11.3 Å². The largest absolute Gasteiger partial charge is 0.508 e. The van der Waals surface area contributed by atoms with Gasteiger partial charge in [-0.25, -0.2) is 0 Å². The van der Waals surface area contributed by atoms with E-state index < -0.39 is 0 Å². The van der Waals surface area contributed by atoms with Crippen LogP contribution in [0.5, 0.6) is 5.75 Å². The maximum absolute atomic E-state index is 9.56. The fraction of sp³-hybridized carbons (Fsp3) is 0.500. The van der Waals surface area contributed by atoms with Crippen LogP contribution in [0, 0.1) is 0 Å². The first-order chi connectivity index (χ1) is 6.70. The van der Waals surface area contributed by atoms with Crippen LogP contribution in [0.2, 0.25) is 0 Å². The zero-order chi connectivity index (χ0) is 10.0. The van der Waals surface area contributed by atoms with Crippen LogP contribution >= 0.6 is 0 Å². The minimum Gasteiger partial charge on any atom is -0.508 e. The molecule has 14 heavy (non-hydrogen) atoms. The summed E-state index contributed by atoms with van der Waals surface area (Å²) in [5.74, 6) is 0.392. The molecule has 0 radical (unpaired) electrons. The van der Waals surface area contributed by atoms with E-state index in [1.54, 1.807) is 6.07 Å². The molecule has 1 saturated carbocycles. The number of rotatable bonds is 3. The number of hydrogen-bond donors (Lipinski definition) is 2. The molecule has 1 aliphatic rings. The van der Waals surface area contributed by atoms with E-state index in [0.717, 1.165) is 12.1 Å². The predicted octanol–water partition coefficient (Wildman–Crippen LogP) is 2.42. The Kier molecular flexibility index (Phi) is 2.46. The van der Waals surface area contributed by atoms with Crippen LogP contribution in [0.4, 0.5) is 0 Å². The normalized spacial score (nSPS) is 18.9. The Morgan fingerprint density at radius 1 is 1.36 bits per heavy atom. The minimum absolute atomic E-state index is 0.308. The molecule has 2 rings (SSSR count). The van der Waals surface area contributed by atoms with E-state index >= 15 is 0 Å². The number of phenolic OH excluding ortho intramolecular Hbond substituents is 1. The van der Waals surface area contributed by atoms with Gasteiger partial charge in [-0.2, -0.15) is 0 Å². The summed E-state index contributed by atoms with van der Waals surface area (Å²) in [6.45, 7) is 3.01. The number of para-hydroxylation sites is 1. The van der Waals surface area contributed by atoms with Crippen molar-refractivity contribution in [3.63, 3.8) is 0 Å². The average Bonchev–Trinajstić information content (AvgIpc) is 2.14. The Labute approximate surface area is 85.0 Å². The van der Waals surface area contributed by atoms with Crippen molar-refractivity contribution >= 4 is 0 Å². The highest BCUT2D eigenvalue weighted by atomic mass is 16.3. The van der Waals surface area contributed by atoms with Gasteiger partial charge in [0, 0.05) is 17.6 Å². The Bertz CT molecular complexity index is 318. The summed E-state index contributed by atoms with van der Waals surface area (Å²) < 4.78 is 0. The van der Waals surface area contributed by atoms with Crippen molar-refractivity contribution in [3.05, 3.63) is 29.8 Å². The molecule has 0 bridgehead atoms. The molecular formula is C12H17NO. The molecule has 0 spiro atoms. The molecule has 0 atom stereocenters. The third kappa shape index (κ3) is 1.90. The van der Waals surface area contributed by atoms with Crippen LogP contribution in [-0.2, 0) is 6.54 Å². The second kappa shape index (κ2) is 3.62. The molecule has 0 unspecified atom stereocenters. The number of aromatic hydroxyl groups is 1. The molecule has 1 aliphatic carbocycles. The molecule has 2 heteroatoms. The Hall–Kier alpha value is -1.02. The van der Waals surface area contributed by atoms with Crippen LogP contribution in [-0.4, -0.2) is 10.6 Å². The van der Waals surface area contributed by atoms with Gasteiger partial charge in [-0.1, -0.05) is 18.2 Å². The van der Waals surface area contributed by atoms with E-state index in [1.165, 1.54) is 19.3 Å². The Morgan fingerprint density at radius 3 is 2.64 bits per heavy atom. The maximum Gasteiger partial charge on any atom is 0.120 e. The number of nitrogens with one attached hydrogen (secondary N) is 1. The van der Waals surface area contributed by atoms with Crippen molar-refractivity contribution in [3.8, 4) is 5.75 Å². The molecule has 2 nitrogen and oxygen atoms in total. The summed E-state index contributed by atoms with van der Waals surface area (Å²) in [6, 6.07) is 7.51. The van der Waals surface area contributed by atoms with Crippen LogP contribution < -0.4 is 5.32 Å². The van der Waals surface area contributed by atoms with E-state index in [-0.39, 0.29) is 0 Å². The smallest absolute Gasteiger partial charge is 0.120 e. The van der Waals surface area contributed by atoms with Gasteiger partial charge >= 0.3 is 0 Å². The van der Waals surface area contributed by atoms with E-state index in [9.17, 15) is 5.11 Å². The van der Waals surface area contributed by atoms with Crippen molar-refractivity contribution < 1.29 is 5.11 Å². The van der Waals surface area contributed by atoms with Gasteiger partial charge in [0.05, 0.1) is 0 Å². The summed E-state index contributed by atoms with van der Waals surface area (Å²) in [6.07, 6.45) is 3.82. The lowest BCUT2D eigenvalue weighted by atomic mass is 9.78. The summed E-state index contributed by atoms with van der Waals surface area (Å²) in [7, 11) is 0. The zero-order valence-corrected chi connectivity index (χ0v) is 8.59. The SMILES string of the molecule is CC1(NCc2ccccc2O)CCC1. The van der Waals surface area contributed by atoms with Gasteiger partial charge < -0.3 is 10.4 Å². The van der Waals surface area contributed by atoms with Gasteiger partial charge in [0.15, 0.2) is 0 Å². The highest BCUT2D eigenvalue weighted by Crippen LogP contribution is 2.31. The van der Waals surface area contributed by atoms with Gasteiger partial charge in [0.25, 0.3) is 0 Å². The predicted molar refractivity (Wildman–Crippen MR) is 57.2 cm³/mol. The topological polar surface area (TPSA) is 32.3 Å². The number of hydrogen-bond acceptors (Lipinski definition) is 2. The summed E-state index contributed by atoms with van der Waals surface area (Å²) >= 11 is 0. The fourth-order valence-corrected chi connectivity index (χ4v) is 1.85. The molecule has 2 N–H and O–H groups in total. The first kappa shape index (κ1) is 9.53. The molecule has 76 valence electrons. The summed E-state index contributed by atoms with van der Waals surface area (Å²) in [5, 5.41) is 13.1. The minimum atomic E-state index is 0.308. The van der Waals surface area contributed by atoms with Crippen molar-refractivity contribution in [1.29, 1.82) is 0 Å². The fourth-order valence-electron chi connectivity index (χ4n) is 1.85. The molecule has 1 aromatic rings. The monoisotopic (exact) mass is 191 g/mol. The van der Waals surface area contributed by atoms with Crippen LogP contribution in [0.1, 0.15) is 31.7 Å². The van der Waals surface area contributed by atoms with Crippen LogP contribution in [0.25, 0.3) is 0 Å². The highest BCUT2D eigenvalue weighted by molar-refractivity contribution is 5.31. The molecule has 0 heterocycles. The highest BCUT2D eigenvalue weighted by Gasteiger charge is 2.30. The number of benzene rings is 1. The molecule has 0 aromatic heterocycles. The van der Waals surface area contributed by atoms with E-state index in [2.05, 4.69) is 12.2 Å². The molecule has 1 fully saturated rings. The van der Waals surface area contributed by atoms with Gasteiger partial charge in [0.1, 0.15) is 5.75 Å². The quantitative estimate of drug-likeness (QED) is 0.769. The lowest BCUT2D eigenvalue weighted by Gasteiger charge is -2.39. The first-order valence-corrected chi connectivity index (χ1v) is 5.22. The summed E-state index contributed by atoms with van der Waals surface area (Å²) in [5.41, 5.74) is 1.29. The maximum atomic E-state index is 9.56. The van der Waals surface area contributed by atoms with Crippen molar-refractivity contribution in [1.82, 2.24) is 5.32 Å². The van der Waals surface area contributed by atoms with Crippen molar-refractivity contribution in [2.24, 2.45) is 0 Å². The van der Waals surface area contributed by atoms with Gasteiger partial charge in [-0.05, 0) is 32.3 Å². The van der Waals surface area contributed by atoms with Crippen LogP contribution in [0.3, 0.4) is 0 Å². The van der Waals surface area contributed by atoms with Gasteiger partial charge in [0.2, 0.25) is 0 Å². The van der Waals surface area contributed by atoms with Gasteiger partial charge in [-0.3, -0.25) is 0 Å². The summed E-state index contributed by atoms with van der Waals surface area (Å²) in [4.78, 5) is 0. The second-order valence-corrected chi connectivity index (χ2v) is 4.40. The van der Waals surface area contributed by atoms with Crippen LogP contribution in [0.15, 0.2) is 24.3 Å². The molecule has 0 amide bonds. The third-order valence-electron chi connectivity index (χ3n) is 3.15.